The maximum absolute atomic E-state index is 12.9. The second kappa shape index (κ2) is 9.26. The molecule has 138 valence electrons. The first-order valence-corrected chi connectivity index (χ1v) is 9.58. The highest BCUT2D eigenvalue weighted by Crippen LogP contribution is 2.22. The van der Waals surface area contributed by atoms with Crippen LogP contribution in [0, 0.1) is 6.92 Å². The standard InChI is InChI=1S/C22H20O4S/c1-17-12-14-20(15-13-17)26-27(24)25-16-21(18-8-4-2-5-9-18)22(23)19-10-6-3-7-11-19/h2-15,21H,16H2,1H3. The van der Waals surface area contributed by atoms with Gasteiger partial charge in [0.2, 0.25) is 0 Å². The van der Waals surface area contributed by atoms with E-state index in [-0.39, 0.29) is 12.4 Å². The Labute approximate surface area is 161 Å². The predicted molar refractivity (Wildman–Crippen MR) is 106 cm³/mol. The molecule has 5 heteroatoms. The van der Waals surface area contributed by atoms with Crippen LogP contribution >= 0.6 is 0 Å². The summed E-state index contributed by atoms with van der Waals surface area (Å²) in [5.41, 5.74) is 2.46. The van der Waals surface area contributed by atoms with Crippen LogP contribution in [-0.2, 0) is 15.5 Å². The molecule has 0 aromatic heterocycles. The van der Waals surface area contributed by atoms with Crippen molar-refractivity contribution in [1.82, 2.24) is 0 Å². The van der Waals surface area contributed by atoms with E-state index in [2.05, 4.69) is 0 Å². The zero-order valence-electron chi connectivity index (χ0n) is 14.9. The molecule has 4 nitrogen and oxygen atoms in total. The first-order valence-electron chi connectivity index (χ1n) is 8.58. The van der Waals surface area contributed by atoms with Crippen molar-refractivity contribution < 1.29 is 17.4 Å². The smallest absolute Gasteiger partial charge is 0.360 e. The van der Waals surface area contributed by atoms with Crippen LogP contribution < -0.4 is 4.18 Å². The van der Waals surface area contributed by atoms with Crippen molar-refractivity contribution in [2.45, 2.75) is 12.8 Å². The summed E-state index contributed by atoms with van der Waals surface area (Å²) in [5.74, 6) is -0.210. The van der Waals surface area contributed by atoms with E-state index in [9.17, 15) is 9.00 Å². The molecule has 27 heavy (non-hydrogen) atoms. The van der Waals surface area contributed by atoms with Gasteiger partial charge in [-0.25, -0.2) is 0 Å². The minimum absolute atomic E-state index is 0.0454. The number of benzene rings is 3. The molecule has 2 unspecified atom stereocenters. The molecule has 0 heterocycles. The Balaban J connectivity index is 1.71. The summed E-state index contributed by atoms with van der Waals surface area (Å²) in [4.78, 5) is 12.9. The molecule has 0 spiro atoms. The maximum Gasteiger partial charge on any atom is 0.360 e. The summed E-state index contributed by atoms with van der Waals surface area (Å²) in [6.45, 7) is 1.91. The van der Waals surface area contributed by atoms with Crippen molar-refractivity contribution in [3.8, 4) is 5.75 Å². The molecule has 0 radical (unpaired) electrons. The summed E-state index contributed by atoms with van der Waals surface area (Å²) >= 11 is -2.00. The van der Waals surface area contributed by atoms with Crippen LogP contribution in [0.1, 0.15) is 27.4 Å². The summed E-state index contributed by atoms with van der Waals surface area (Å²) in [6, 6.07) is 25.5. The van der Waals surface area contributed by atoms with Crippen LogP contribution in [0.3, 0.4) is 0 Å². The van der Waals surface area contributed by atoms with E-state index in [0.717, 1.165) is 11.1 Å². The monoisotopic (exact) mass is 380 g/mol. The molecular formula is C22H20O4S. The summed E-state index contributed by atoms with van der Waals surface area (Å²) in [5, 5.41) is 0. The summed E-state index contributed by atoms with van der Waals surface area (Å²) < 4.78 is 22.8. The zero-order chi connectivity index (χ0) is 19.1. The number of rotatable bonds is 8. The van der Waals surface area contributed by atoms with Gasteiger partial charge in [-0.15, -0.1) is 0 Å². The van der Waals surface area contributed by atoms with Gasteiger partial charge in [-0.2, -0.15) is 4.21 Å². The van der Waals surface area contributed by atoms with Gasteiger partial charge in [0.1, 0.15) is 5.75 Å². The van der Waals surface area contributed by atoms with Crippen LogP contribution in [0.15, 0.2) is 84.9 Å². The van der Waals surface area contributed by atoms with Crippen molar-refractivity contribution in [1.29, 1.82) is 0 Å². The molecule has 0 fully saturated rings. The van der Waals surface area contributed by atoms with E-state index in [1.54, 1.807) is 24.3 Å². The van der Waals surface area contributed by atoms with Crippen LogP contribution in [0.25, 0.3) is 0 Å². The van der Waals surface area contributed by atoms with Gasteiger partial charge in [0, 0.05) is 5.56 Å². The lowest BCUT2D eigenvalue weighted by molar-refractivity contribution is 0.0932. The SMILES string of the molecule is Cc1ccc(OS(=O)OCC(C(=O)c2ccccc2)c2ccccc2)cc1. The third kappa shape index (κ3) is 5.36. The van der Waals surface area contributed by atoms with Gasteiger partial charge in [-0.3, -0.25) is 8.98 Å². The Morgan fingerprint density at radius 1 is 0.889 bits per heavy atom. The van der Waals surface area contributed by atoms with E-state index >= 15 is 0 Å². The molecule has 0 aliphatic heterocycles. The van der Waals surface area contributed by atoms with E-state index < -0.39 is 17.3 Å². The molecule has 0 aliphatic rings. The normalized spacial score (nSPS) is 12.9. The number of carbonyl (C=O) groups is 1. The zero-order valence-corrected chi connectivity index (χ0v) is 15.7. The van der Waals surface area contributed by atoms with Crippen molar-refractivity contribution in [2.24, 2.45) is 0 Å². The van der Waals surface area contributed by atoms with Gasteiger partial charge in [-0.05, 0) is 24.6 Å². The third-order valence-corrected chi connectivity index (χ3v) is 4.75. The molecule has 3 aromatic rings. The van der Waals surface area contributed by atoms with Crippen LogP contribution in [-0.4, -0.2) is 16.6 Å². The van der Waals surface area contributed by atoms with E-state index in [1.165, 1.54) is 0 Å². The Morgan fingerprint density at radius 2 is 1.48 bits per heavy atom. The van der Waals surface area contributed by atoms with Crippen molar-refractivity contribution in [2.75, 3.05) is 6.61 Å². The van der Waals surface area contributed by atoms with E-state index in [0.29, 0.717) is 11.3 Å². The predicted octanol–water partition coefficient (Wildman–Crippen LogP) is 4.64. The minimum atomic E-state index is -2.00. The van der Waals surface area contributed by atoms with Crippen LogP contribution in [0.4, 0.5) is 0 Å². The van der Waals surface area contributed by atoms with Gasteiger partial charge in [0.05, 0.1) is 12.5 Å². The van der Waals surface area contributed by atoms with Gasteiger partial charge in [-0.1, -0.05) is 78.4 Å². The molecule has 0 saturated heterocycles. The lowest BCUT2D eigenvalue weighted by atomic mass is 9.91. The number of Topliss-reactive ketones (excluding diaryl/α,β-unsaturated/α-hetero) is 1. The lowest BCUT2D eigenvalue weighted by Crippen LogP contribution is -2.20. The first kappa shape index (κ1) is 19.0. The Hall–Kier alpha value is -2.76. The van der Waals surface area contributed by atoms with E-state index in [4.69, 9.17) is 8.37 Å². The average Bonchev–Trinajstić information content (AvgIpc) is 2.71. The largest absolute Gasteiger partial charge is 0.380 e. The Kier molecular flexibility index (Phi) is 6.52. The minimum Gasteiger partial charge on any atom is -0.380 e. The molecule has 0 bridgehead atoms. The Morgan fingerprint density at radius 3 is 2.11 bits per heavy atom. The number of carbonyl (C=O) groups excluding carboxylic acids is 1. The fraction of sp³-hybridized carbons (Fsp3) is 0.136. The molecular weight excluding hydrogens is 360 g/mol. The van der Waals surface area contributed by atoms with Crippen LogP contribution in [0.5, 0.6) is 5.75 Å². The third-order valence-electron chi connectivity index (χ3n) is 4.09. The molecule has 3 aromatic carbocycles. The first-order chi connectivity index (χ1) is 13.1. The number of hydrogen-bond acceptors (Lipinski definition) is 4. The van der Waals surface area contributed by atoms with Crippen LogP contribution in [0.2, 0.25) is 0 Å². The second-order valence-electron chi connectivity index (χ2n) is 6.08. The second-order valence-corrected chi connectivity index (χ2v) is 6.89. The average molecular weight is 380 g/mol. The van der Waals surface area contributed by atoms with Crippen molar-refractivity contribution in [3.05, 3.63) is 102 Å². The fourth-order valence-corrected chi connectivity index (χ4v) is 3.20. The van der Waals surface area contributed by atoms with Gasteiger partial charge >= 0.3 is 11.4 Å². The quantitative estimate of drug-likeness (QED) is 0.535. The highest BCUT2D eigenvalue weighted by atomic mass is 32.2. The fourth-order valence-electron chi connectivity index (χ4n) is 2.63. The summed E-state index contributed by atoms with van der Waals surface area (Å²) in [6.07, 6.45) is 0. The lowest BCUT2D eigenvalue weighted by Gasteiger charge is -2.16. The molecule has 0 N–H and O–H groups in total. The van der Waals surface area contributed by atoms with Gasteiger partial charge in [0.25, 0.3) is 0 Å². The van der Waals surface area contributed by atoms with Crippen molar-refractivity contribution in [3.63, 3.8) is 0 Å². The Bertz CT molecular complexity index is 893. The topological polar surface area (TPSA) is 52.6 Å². The van der Waals surface area contributed by atoms with Crippen molar-refractivity contribution >= 4 is 17.1 Å². The highest BCUT2D eigenvalue weighted by molar-refractivity contribution is 7.75. The molecule has 3 rings (SSSR count). The van der Waals surface area contributed by atoms with Gasteiger partial charge < -0.3 is 4.18 Å². The number of hydrogen-bond donors (Lipinski definition) is 0. The molecule has 0 amide bonds. The van der Waals surface area contributed by atoms with E-state index in [1.807, 2.05) is 67.6 Å². The number of aryl methyl sites for hydroxylation is 1. The number of ketones is 1. The van der Waals surface area contributed by atoms with Gasteiger partial charge in [0.15, 0.2) is 5.78 Å². The highest BCUT2D eigenvalue weighted by Gasteiger charge is 2.23. The molecule has 0 aliphatic carbocycles. The molecule has 2 atom stereocenters. The maximum atomic E-state index is 12.9. The molecule has 0 saturated carbocycles. The summed E-state index contributed by atoms with van der Waals surface area (Å²) in [7, 11) is 0.